The Kier molecular flexibility index (Phi) is 7.20. The summed E-state index contributed by atoms with van der Waals surface area (Å²) in [7, 11) is -3.62. The Morgan fingerprint density at radius 3 is 2.50 bits per heavy atom. The number of nitrogens with one attached hydrogen (secondary N) is 1. The van der Waals surface area contributed by atoms with Crippen LogP contribution in [-0.4, -0.2) is 30.4 Å². The number of benzene rings is 2. The van der Waals surface area contributed by atoms with Gasteiger partial charge in [0.15, 0.2) is 5.60 Å². The first kappa shape index (κ1) is 26.6. The Balaban J connectivity index is 1.86. The molecule has 0 saturated carbocycles. The minimum absolute atomic E-state index is 0.125. The number of rotatable bonds is 7. The van der Waals surface area contributed by atoms with Crippen LogP contribution < -0.4 is 4.72 Å². The number of aromatic nitrogens is 1. The molecule has 190 valence electrons. The number of alkyl halides is 3. The second-order valence-electron chi connectivity index (χ2n) is 8.35. The van der Waals surface area contributed by atoms with Gasteiger partial charge in [0, 0.05) is 26.4 Å². The summed E-state index contributed by atoms with van der Waals surface area (Å²) in [5, 5.41) is 11.3. The largest absolute Gasteiger partial charge is 0.421 e. The lowest BCUT2D eigenvalue weighted by atomic mass is 9.94. The van der Waals surface area contributed by atoms with Crippen LogP contribution in [0.15, 0.2) is 66.9 Å². The molecule has 0 bridgehead atoms. The monoisotopic (exact) mass is 554 g/mol. The van der Waals surface area contributed by atoms with Crippen molar-refractivity contribution < 1.29 is 26.7 Å². The topological polar surface area (TPSA) is 79.3 Å². The smallest absolute Gasteiger partial charge is 0.376 e. The minimum atomic E-state index is -4.87. The predicted octanol–water partition coefficient (Wildman–Crippen LogP) is 6.42. The van der Waals surface area contributed by atoms with Crippen molar-refractivity contribution in [1.82, 2.24) is 9.71 Å². The summed E-state index contributed by atoms with van der Waals surface area (Å²) in [6.45, 7) is 2.23. The summed E-state index contributed by atoms with van der Waals surface area (Å²) in [6.07, 6.45) is -3.65. The highest BCUT2D eigenvalue weighted by molar-refractivity contribution is 7.89. The molecule has 0 amide bonds. The van der Waals surface area contributed by atoms with Gasteiger partial charge in [0.25, 0.3) is 0 Å². The third-order valence-electron chi connectivity index (χ3n) is 5.89. The maximum Gasteiger partial charge on any atom is 0.421 e. The molecule has 0 fully saturated rings. The molecule has 0 unspecified atom stereocenters. The summed E-state index contributed by atoms with van der Waals surface area (Å²) >= 11 is 7.70. The highest BCUT2D eigenvalue weighted by Crippen LogP contribution is 2.42. The number of pyridine rings is 1. The fraction of sp³-hybridized carbons (Fsp3) is 0.240. The Morgan fingerprint density at radius 1 is 1.11 bits per heavy atom. The van der Waals surface area contributed by atoms with E-state index in [9.17, 15) is 26.7 Å². The molecule has 2 aromatic heterocycles. The number of hydrogen-bond acceptors (Lipinski definition) is 5. The molecule has 2 aromatic carbocycles. The molecule has 0 spiro atoms. The second-order valence-corrected chi connectivity index (χ2v) is 11.9. The highest BCUT2D eigenvalue weighted by atomic mass is 35.5. The van der Waals surface area contributed by atoms with Crippen molar-refractivity contribution in [2.45, 2.75) is 31.7 Å². The van der Waals surface area contributed by atoms with Crippen molar-refractivity contribution in [3.05, 3.63) is 87.9 Å². The second kappa shape index (κ2) is 9.75. The normalized spacial score (nSPS) is 15.1. The van der Waals surface area contributed by atoms with Gasteiger partial charge in [-0.3, -0.25) is 4.98 Å². The van der Waals surface area contributed by atoms with Gasteiger partial charge in [-0.2, -0.15) is 13.2 Å². The summed E-state index contributed by atoms with van der Waals surface area (Å²) in [4.78, 5) is 4.90. The number of fused-ring (bicyclic) bond motifs is 1. The lowest BCUT2D eigenvalue weighted by molar-refractivity contribution is -0.258. The number of nitrogens with zero attached hydrogens (tertiary/aromatic N) is 1. The molecule has 11 heteroatoms. The zero-order valence-corrected chi connectivity index (χ0v) is 21.6. The molecule has 4 aromatic rings. The lowest BCUT2D eigenvalue weighted by Crippen LogP contribution is -2.39. The fourth-order valence-electron chi connectivity index (χ4n) is 3.72. The van der Waals surface area contributed by atoms with E-state index < -0.39 is 27.8 Å². The number of hydrogen-bond donors (Lipinski definition) is 2. The summed E-state index contributed by atoms with van der Waals surface area (Å²) in [5.41, 5.74) is -2.00. The average Bonchev–Trinajstić information content (AvgIpc) is 3.27. The average molecular weight is 555 g/mol. The van der Waals surface area contributed by atoms with Crippen LogP contribution in [0.1, 0.15) is 35.9 Å². The number of thiophene rings is 1. The highest BCUT2D eigenvalue weighted by Gasteiger charge is 2.51. The molecule has 0 aliphatic rings. The molecular formula is C25H22ClF3N2O3S2. The van der Waals surface area contributed by atoms with Crippen molar-refractivity contribution in [3.63, 3.8) is 0 Å². The lowest BCUT2D eigenvalue weighted by Gasteiger charge is -2.26. The molecule has 0 aliphatic carbocycles. The molecule has 4 rings (SSSR count). The standard InChI is InChI=1S/C25H22ClF3N2O3S2/c1-3-36(33,34)31-22(17-8-4-5-10-19(17)26)21-13-15-7-6-9-18(23(15)35-21)20-14-16(11-12-30-20)24(2,32)25(27,28)29/h4-14,22,31-32H,3H2,1-2H3/t22-,24-/m1/s1. The maximum absolute atomic E-state index is 13.4. The van der Waals surface area contributed by atoms with Gasteiger partial charge in [-0.25, -0.2) is 13.1 Å². The van der Waals surface area contributed by atoms with E-state index >= 15 is 0 Å². The first-order valence-electron chi connectivity index (χ1n) is 10.9. The van der Waals surface area contributed by atoms with Crippen LogP contribution in [0.4, 0.5) is 13.2 Å². The summed E-state index contributed by atoms with van der Waals surface area (Å²) in [5.74, 6) is -0.125. The van der Waals surface area contributed by atoms with Gasteiger partial charge in [-0.05, 0) is 54.6 Å². The Hall–Kier alpha value is -2.50. The van der Waals surface area contributed by atoms with Crippen LogP contribution in [-0.2, 0) is 15.6 Å². The zero-order chi connectivity index (χ0) is 26.3. The van der Waals surface area contributed by atoms with E-state index in [1.54, 1.807) is 36.4 Å². The maximum atomic E-state index is 13.4. The first-order chi connectivity index (χ1) is 16.8. The van der Waals surface area contributed by atoms with Crippen molar-refractivity contribution >= 4 is 43.0 Å². The molecule has 2 atom stereocenters. The van der Waals surface area contributed by atoms with Gasteiger partial charge in [-0.1, -0.05) is 48.0 Å². The predicted molar refractivity (Wildman–Crippen MR) is 137 cm³/mol. The number of aliphatic hydroxyl groups is 1. The quantitative estimate of drug-likeness (QED) is 0.276. The molecule has 5 nitrogen and oxygen atoms in total. The molecule has 2 heterocycles. The van der Waals surface area contributed by atoms with Crippen molar-refractivity contribution in [2.75, 3.05) is 5.75 Å². The molecule has 36 heavy (non-hydrogen) atoms. The fourth-order valence-corrected chi connectivity index (χ4v) is 6.07. The van der Waals surface area contributed by atoms with Gasteiger partial charge >= 0.3 is 6.18 Å². The SMILES string of the molecule is CCS(=O)(=O)N[C@@H](c1cc2cccc(-c3cc([C@@](C)(O)C(F)(F)F)ccn3)c2s1)c1ccccc1Cl. The third kappa shape index (κ3) is 5.14. The van der Waals surface area contributed by atoms with Crippen molar-refractivity contribution in [2.24, 2.45) is 0 Å². The van der Waals surface area contributed by atoms with Crippen molar-refractivity contribution in [1.29, 1.82) is 0 Å². The minimum Gasteiger partial charge on any atom is -0.376 e. The molecule has 0 saturated heterocycles. The van der Waals surface area contributed by atoms with E-state index in [4.69, 9.17) is 11.6 Å². The first-order valence-corrected chi connectivity index (χ1v) is 13.7. The zero-order valence-electron chi connectivity index (χ0n) is 19.2. The van der Waals surface area contributed by atoms with Gasteiger partial charge in [0.1, 0.15) is 0 Å². The Labute approximate surface area is 215 Å². The van der Waals surface area contributed by atoms with E-state index in [2.05, 4.69) is 9.71 Å². The van der Waals surface area contributed by atoms with Gasteiger partial charge in [-0.15, -0.1) is 11.3 Å². The van der Waals surface area contributed by atoms with E-state index in [1.807, 2.05) is 12.1 Å². The van der Waals surface area contributed by atoms with Crippen LogP contribution in [0, 0.1) is 0 Å². The van der Waals surface area contributed by atoms with Crippen LogP contribution >= 0.6 is 22.9 Å². The molecule has 0 aliphatic heterocycles. The van der Waals surface area contributed by atoms with Crippen LogP contribution in [0.5, 0.6) is 0 Å². The van der Waals surface area contributed by atoms with E-state index in [0.29, 0.717) is 32.7 Å². The summed E-state index contributed by atoms with van der Waals surface area (Å²) in [6, 6.07) is 15.6. The van der Waals surface area contributed by atoms with Crippen LogP contribution in [0.25, 0.3) is 21.3 Å². The third-order valence-corrected chi connectivity index (χ3v) is 8.84. The van der Waals surface area contributed by atoms with Gasteiger partial charge < -0.3 is 5.11 Å². The Bertz CT molecular complexity index is 1520. The summed E-state index contributed by atoms with van der Waals surface area (Å²) < 4.78 is 68.7. The number of sulfonamides is 1. The van der Waals surface area contributed by atoms with E-state index in [0.717, 1.165) is 11.5 Å². The molecular weight excluding hydrogens is 533 g/mol. The molecule has 0 radical (unpaired) electrons. The molecule has 2 N–H and O–H groups in total. The van der Waals surface area contributed by atoms with Crippen molar-refractivity contribution in [3.8, 4) is 11.3 Å². The Morgan fingerprint density at radius 2 is 1.83 bits per heavy atom. The van der Waals surface area contributed by atoms with Crippen LogP contribution in [0.2, 0.25) is 5.02 Å². The van der Waals surface area contributed by atoms with Gasteiger partial charge in [0.2, 0.25) is 10.0 Å². The van der Waals surface area contributed by atoms with Gasteiger partial charge in [0.05, 0.1) is 17.5 Å². The number of halogens is 4. The van der Waals surface area contributed by atoms with E-state index in [1.165, 1.54) is 30.5 Å². The van der Waals surface area contributed by atoms with Crippen LogP contribution in [0.3, 0.4) is 0 Å². The van der Waals surface area contributed by atoms with E-state index in [-0.39, 0.29) is 17.0 Å².